The van der Waals surface area contributed by atoms with Crippen molar-refractivity contribution in [3.63, 3.8) is 0 Å². The lowest BCUT2D eigenvalue weighted by atomic mass is 10.2. The molecule has 1 aromatic heterocycles. The largest absolute Gasteiger partial charge is 0.480 e. The van der Waals surface area contributed by atoms with Gasteiger partial charge in [-0.3, -0.25) is 4.79 Å². The molecule has 1 aromatic carbocycles. The molecule has 0 spiro atoms. The van der Waals surface area contributed by atoms with Crippen LogP contribution in [-0.4, -0.2) is 18.0 Å². The Balaban J connectivity index is 2.18. The van der Waals surface area contributed by atoms with Gasteiger partial charge in [0.2, 0.25) is 5.88 Å². The molecule has 0 unspecified atom stereocenters. The number of nitrogens with two attached hydrogens (primary N) is 1. The van der Waals surface area contributed by atoms with E-state index < -0.39 is 0 Å². The van der Waals surface area contributed by atoms with E-state index in [0.717, 1.165) is 0 Å². The van der Waals surface area contributed by atoms with Crippen molar-refractivity contribution in [3.05, 3.63) is 48.2 Å². The average molecular weight is 243 g/mol. The molecule has 0 fully saturated rings. The number of carbonyl (C=O) groups excluding carboxylic acids is 1. The van der Waals surface area contributed by atoms with E-state index in [4.69, 9.17) is 10.5 Å². The summed E-state index contributed by atoms with van der Waals surface area (Å²) in [5, 5.41) is 2.73. The normalized spacial score (nSPS) is 9.83. The number of hydrogen-bond donors (Lipinski definition) is 2. The van der Waals surface area contributed by atoms with Gasteiger partial charge in [0.15, 0.2) is 0 Å². The summed E-state index contributed by atoms with van der Waals surface area (Å²) in [6.45, 7) is 0. The van der Waals surface area contributed by atoms with E-state index in [1.54, 1.807) is 42.6 Å². The van der Waals surface area contributed by atoms with Crippen molar-refractivity contribution < 1.29 is 9.53 Å². The van der Waals surface area contributed by atoms with Gasteiger partial charge < -0.3 is 15.8 Å². The quantitative estimate of drug-likeness (QED) is 0.807. The maximum absolute atomic E-state index is 12.0. The van der Waals surface area contributed by atoms with Gasteiger partial charge in [-0.25, -0.2) is 4.98 Å². The minimum atomic E-state index is -0.235. The minimum Gasteiger partial charge on any atom is -0.480 e. The van der Waals surface area contributed by atoms with Crippen LogP contribution in [0, 0.1) is 0 Å². The summed E-state index contributed by atoms with van der Waals surface area (Å²) in [5.74, 6) is 0.141. The van der Waals surface area contributed by atoms with Crippen molar-refractivity contribution in [2.24, 2.45) is 0 Å². The van der Waals surface area contributed by atoms with Gasteiger partial charge in [0.25, 0.3) is 5.91 Å². The third-order valence-electron chi connectivity index (χ3n) is 2.39. The zero-order valence-corrected chi connectivity index (χ0v) is 9.88. The molecule has 18 heavy (non-hydrogen) atoms. The lowest BCUT2D eigenvalue weighted by Gasteiger charge is -2.08. The number of methoxy groups -OCH3 is 1. The molecule has 5 heteroatoms. The van der Waals surface area contributed by atoms with Gasteiger partial charge in [0.1, 0.15) is 5.69 Å². The molecule has 0 aliphatic rings. The molecule has 0 aliphatic carbocycles. The predicted octanol–water partition coefficient (Wildman–Crippen LogP) is 1.92. The number of hydrogen-bond acceptors (Lipinski definition) is 4. The molecule has 3 N–H and O–H groups in total. The maximum Gasteiger partial charge on any atom is 0.255 e. The second-order valence-electron chi connectivity index (χ2n) is 3.64. The first kappa shape index (κ1) is 11.9. The molecule has 0 saturated carbocycles. The number of aromatic nitrogens is 1. The first-order valence-electron chi connectivity index (χ1n) is 5.36. The van der Waals surface area contributed by atoms with Crippen molar-refractivity contribution in [2.45, 2.75) is 0 Å². The Bertz CT molecular complexity index is 552. The fourth-order valence-corrected chi connectivity index (χ4v) is 1.48. The van der Waals surface area contributed by atoms with Gasteiger partial charge in [0, 0.05) is 17.4 Å². The van der Waals surface area contributed by atoms with Crippen LogP contribution < -0.4 is 15.8 Å². The molecule has 2 aromatic rings. The van der Waals surface area contributed by atoms with Crippen LogP contribution in [0.5, 0.6) is 5.88 Å². The van der Waals surface area contributed by atoms with Gasteiger partial charge in [-0.1, -0.05) is 0 Å². The first-order chi connectivity index (χ1) is 8.70. The number of anilines is 2. The van der Waals surface area contributed by atoms with Crippen molar-refractivity contribution >= 4 is 17.3 Å². The molecule has 5 nitrogen and oxygen atoms in total. The molecule has 0 bridgehead atoms. The fourth-order valence-electron chi connectivity index (χ4n) is 1.48. The minimum absolute atomic E-state index is 0.235. The van der Waals surface area contributed by atoms with Crippen molar-refractivity contribution in [2.75, 3.05) is 18.2 Å². The molecule has 2 rings (SSSR count). The topological polar surface area (TPSA) is 77.2 Å². The second-order valence-corrected chi connectivity index (χ2v) is 3.64. The van der Waals surface area contributed by atoms with E-state index in [0.29, 0.717) is 22.8 Å². The summed E-state index contributed by atoms with van der Waals surface area (Å²) < 4.78 is 5.06. The predicted molar refractivity (Wildman–Crippen MR) is 69.6 cm³/mol. The zero-order valence-electron chi connectivity index (χ0n) is 9.88. The Labute approximate surface area is 105 Å². The SMILES string of the molecule is COc1ncccc1NC(=O)c1ccc(N)cc1. The lowest BCUT2D eigenvalue weighted by molar-refractivity contribution is 0.102. The van der Waals surface area contributed by atoms with Crippen LogP contribution in [0.1, 0.15) is 10.4 Å². The third kappa shape index (κ3) is 2.57. The number of amides is 1. The van der Waals surface area contributed by atoms with Gasteiger partial charge in [-0.2, -0.15) is 0 Å². The number of carbonyl (C=O) groups is 1. The third-order valence-corrected chi connectivity index (χ3v) is 2.39. The lowest BCUT2D eigenvalue weighted by Crippen LogP contribution is -2.12. The average Bonchev–Trinajstić information content (AvgIpc) is 2.40. The smallest absolute Gasteiger partial charge is 0.255 e. The summed E-state index contributed by atoms with van der Waals surface area (Å²) in [4.78, 5) is 16.0. The highest BCUT2D eigenvalue weighted by atomic mass is 16.5. The molecule has 0 atom stereocenters. The van der Waals surface area contributed by atoms with Gasteiger partial charge in [0.05, 0.1) is 7.11 Å². The number of rotatable bonds is 3. The maximum atomic E-state index is 12.0. The molecule has 1 amide bonds. The van der Waals surface area contributed by atoms with Crippen LogP contribution in [-0.2, 0) is 0 Å². The molecule has 0 radical (unpaired) electrons. The van der Waals surface area contributed by atoms with Crippen LogP contribution in [0.15, 0.2) is 42.6 Å². The van der Waals surface area contributed by atoms with Gasteiger partial charge >= 0.3 is 0 Å². The Morgan fingerprint density at radius 3 is 2.67 bits per heavy atom. The number of ether oxygens (including phenoxy) is 1. The highest BCUT2D eigenvalue weighted by Gasteiger charge is 2.09. The Morgan fingerprint density at radius 1 is 1.28 bits per heavy atom. The molecule has 92 valence electrons. The summed E-state index contributed by atoms with van der Waals surface area (Å²) >= 11 is 0. The monoisotopic (exact) mass is 243 g/mol. The van der Waals surface area contributed by atoms with Crippen molar-refractivity contribution in [1.29, 1.82) is 0 Å². The van der Waals surface area contributed by atoms with E-state index >= 15 is 0 Å². The van der Waals surface area contributed by atoms with E-state index in [1.807, 2.05) is 0 Å². The molecule has 0 aliphatic heterocycles. The number of nitrogens with one attached hydrogen (secondary N) is 1. The Hall–Kier alpha value is -2.56. The summed E-state index contributed by atoms with van der Waals surface area (Å²) in [6, 6.07) is 10.1. The second kappa shape index (κ2) is 5.18. The Kier molecular flexibility index (Phi) is 3.43. The summed E-state index contributed by atoms with van der Waals surface area (Å²) in [6.07, 6.45) is 1.59. The van der Waals surface area contributed by atoms with E-state index in [2.05, 4.69) is 10.3 Å². The highest BCUT2D eigenvalue weighted by Crippen LogP contribution is 2.20. The van der Waals surface area contributed by atoms with Crippen LogP contribution in [0.25, 0.3) is 0 Å². The first-order valence-corrected chi connectivity index (χ1v) is 5.36. The van der Waals surface area contributed by atoms with Gasteiger partial charge in [-0.15, -0.1) is 0 Å². The molecular formula is C13H13N3O2. The van der Waals surface area contributed by atoms with Crippen LogP contribution in [0.2, 0.25) is 0 Å². The zero-order chi connectivity index (χ0) is 13.0. The Morgan fingerprint density at radius 2 is 2.00 bits per heavy atom. The molecular weight excluding hydrogens is 230 g/mol. The van der Waals surface area contributed by atoms with E-state index in [9.17, 15) is 4.79 Å². The number of benzene rings is 1. The van der Waals surface area contributed by atoms with Crippen LogP contribution in [0.4, 0.5) is 11.4 Å². The summed E-state index contributed by atoms with van der Waals surface area (Å²) in [7, 11) is 1.50. The van der Waals surface area contributed by atoms with E-state index in [1.165, 1.54) is 7.11 Å². The van der Waals surface area contributed by atoms with E-state index in [-0.39, 0.29) is 5.91 Å². The standard InChI is InChI=1S/C13H13N3O2/c1-18-13-11(3-2-8-15-13)16-12(17)9-4-6-10(14)7-5-9/h2-8H,14H2,1H3,(H,16,17). The number of nitrogen functional groups attached to an aromatic ring is 1. The van der Waals surface area contributed by atoms with Crippen LogP contribution in [0.3, 0.4) is 0 Å². The molecule has 0 saturated heterocycles. The molecule has 1 heterocycles. The number of pyridine rings is 1. The fraction of sp³-hybridized carbons (Fsp3) is 0.0769. The van der Waals surface area contributed by atoms with Crippen molar-refractivity contribution in [3.8, 4) is 5.88 Å². The number of nitrogens with zero attached hydrogens (tertiary/aromatic N) is 1. The van der Waals surface area contributed by atoms with Gasteiger partial charge in [-0.05, 0) is 36.4 Å². The van der Waals surface area contributed by atoms with Crippen molar-refractivity contribution in [1.82, 2.24) is 4.98 Å². The van der Waals surface area contributed by atoms with Crippen LogP contribution >= 0.6 is 0 Å². The highest BCUT2D eigenvalue weighted by molar-refractivity contribution is 6.05. The summed E-state index contributed by atoms with van der Waals surface area (Å²) in [5.41, 5.74) is 7.23.